The summed E-state index contributed by atoms with van der Waals surface area (Å²) in [6.45, 7) is 1.46. The van der Waals surface area contributed by atoms with Gasteiger partial charge in [-0.2, -0.15) is 0 Å². The molecule has 1 aromatic heterocycles. The second-order valence-corrected chi connectivity index (χ2v) is 4.11. The number of benzene rings is 1. The van der Waals surface area contributed by atoms with Gasteiger partial charge in [-0.1, -0.05) is 6.07 Å². The van der Waals surface area contributed by atoms with Gasteiger partial charge in [0.2, 0.25) is 0 Å². The first kappa shape index (κ1) is 8.20. The lowest BCUT2D eigenvalue weighted by Crippen LogP contribution is -2.04. The SMILES string of the molecule is c1cc(OCC2CO2)c2ncsc2c1. The lowest BCUT2D eigenvalue weighted by atomic mass is 10.3. The first-order chi connectivity index (χ1) is 6.93. The smallest absolute Gasteiger partial charge is 0.146 e. The van der Waals surface area contributed by atoms with E-state index in [1.807, 2.05) is 23.7 Å². The van der Waals surface area contributed by atoms with E-state index in [0.717, 1.165) is 17.9 Å². The molecular formula is C10H9NO2S. The summed E-state index contributed by atoms with van der Waals surface area (Å²) in [5.74, 6) is 0.860. The molecule has 14 heavy (non-hydrogen) atoms. The highest BCUT2D eigenvalue weighted by Gasteiger charge is 2.23. The van der Waals surface area contributed by atoms with Crippen LogP contribution in [0.2, 0.25) is 0 Å². The summed E-state index contributed by atoms with van der Waals surface area (Å²) in [5.41, 5.74) is 2.80. The predicted molar refractivity (Wildman–Crippen MR) is 54.9 cm³/mol. The van der Waals surface area contributed by atoms with Gasteiger partial charge in [0, 0.05) is 0 Å². The second-order valence-electron chi connectivity index (χ2n) is 3.22. The zero-order chi connectivity index (χ0) is 9.38. The molecule has 3 nitrogen and oxygen atoms in total. The predicted octanol–water partition coefficient (Wildman–Crippen LogP) is 2.07. The largest absolute Gasteiger partial charge is 0.488 e. The molecule has 1 aliphatic heterocycles. The van der Waals surface area contributed by atoms with Gasteiger partial charge in [0.05, 0.1) is 16.8 Å². The normalized spacial score (nSPS) is 19.9. The van der Waals surface area contributed by atoms with Gasteiger partial charge < -0.3 is 9.47 Å². The first-order valence-corrected chi connectivity index (χ1v) is 5.38. The van der Waals surface area contributed by atoms with E-state index in [0.29, 0.717) is 12.7 Å². The molecule has 2 aromatic rings. The van der Waals surface area contributed by atoms with Gasteiger partial charge in [0.15, 0.2) is 0 Å². The number of fused-ring (bicyclic) bond motifs is 1. The molecule has 0 saturated carbocycles. The molecule has 0 bridgehead atoms. The highest BCUT2D eigenvalue weighted by atomic mass is 32.1. The first-order valence-electron chi connectivity index (χ1n) is 4.50. The van der Waals surface area contributed by atoms with E-state index < -0.39 is 0 Å². The molecule has 0 amide bonds. The van der Waals surface area contributed by atoms with Gasteiger partial charge in [-0.05, 0) is 12.1 Å². The molecule has 72 valence electrons. The van der Waals surface area contributed by atoms with Crippen molar-refractivity contribution in [1.82, 2.24) is 4.98 Å². The highest BCUT2D eigenvalue weighted by Crippen LogP contribution is 2.27. The number of ether oxygens (including phenoxy) is 2. The lowest BCUT2D eigenvalue weighted by Gasteiger charge is -2.03. The van der Waals surface area contributed by atoms with E-state index >= 15 is 0 Å². The van der Waals surface area contributed by atoms with E-state index in [9.17, 15) is 0 Å². The maximum Gasteiger partial charge on any atom is 0.146 e. The summed E-state index contributed by atoms with van der Waals surface area (Å²) in [6.07, 6.45) is 0.295. The zero-order valence-electron chi connectivity index (χ0n) is 7.47. The fourth-order valence-corrected chi connectivity index (χ4v) is 2.02. The number of epoxide rings is 1. The van der Waals surface area contributed by atoms with Crippen LogP contribution in [0.5, 0.6) is 5.75 Å². The van der Waals surface area contributed by atoms with E-state index in [2.05, 4.69) is 4.98 Å². The van der Waals surface area contributed by atoms with Crippen LogP contribution in [-0.2, 0) is 4.74 Å². The molecule has 3 rings (SSSR count). The standard InChI is InChI=1S/C10H9NO2S/c1-2-8(13-5-7-4-12-7)10-9(3-1)14-6-11-10/h1-3,6-7H,4-5H2. The van der Waals surface area contributed by atoms with Crippen molar-refractivity contribution in [3.05, 3.63) is 23.7 Å². The van der Waals surface area contributed by atoms with E-state index in [1.54, 1.807) is 11.3 Å². The molecule has 0 N–H and O–H groups in total. The monoisotopic (exact) mass is 207 g/mol. The summed E-state index contributed by atoms with van der Waals surface area (Å²) in [4.78, 5) is 4.27. The van der Waals surface area contributed by atoms with Crippen molar-refractivity contribution in [1.29, 1.82) is 0 Å². The van der Waals surface area contributed by atoms with Crippen molar-refractivity contribution in [2.24, 2.45) is 0 Å². The highest BCUT2D eigenvalue weighted by molar-refractivity contribution is 7.16. The quantitative estimate of drug-likeness (QED) is 0.723. The topological polar surface area (TPSA) is 34.6 Å². The minimum atomic E-state index is 0.295. The maximum absolute atomic E-state index is 5.62. The molecule has 0 spiro atoms. The number of aromatic nitrogens is 1. The van der Waals surface area contributed by atoms with Crippen LogP contribution in [-0.4, -0.2) is 24.3 Å². The molecule has 1 unspecified atom stereocenters. The second kappa shape index (κ2) is 3.22. The van der Waals surface area contributed by atoms with Gasteiger partial charge in [0.25, 0.3) is 0 Å². The van der Waals surface area contributed by atoms with Crippen LogP contribution in [0.3, 0.4) is 0 Å². The van der Waals surface area contributed by atoms with Crippen molar-refractivity contribution in [3.8, 4) is 5.75 Å². The lowest BCUT2D eigenvalue weighted by molar-refractivity contribution is 0.265. The number of rotatable bonds is 3. The van der Waals surface area contributed by atoms with Crippen molar-refractivity contribution in [3.63, 3.8) is 0 Å². The summed E-state index contributed by atoms with van der Waals surface area (Å²) in [7, 11) is 0. The third kappa shape index (κ3) is 1.47. The fourth-order valence-electron chi connectivity index (χ4n) is 1.32. The van der Waals surface area contributed by atoms with Crippen molar-refractivity contribution >= 4 is 21.6 Å². The van der Waals surface area contributed by atoms with Crippen LogP contribution in [0.1, 0.15) is 0 Å². The molecule has 0 radical (unpaired) electrons. The Hall–Kier alpha value is -1.13. The molecule has 4 heteroatoms. The minimum absolute atomic E-state index is 0.295. The fraction of sp³-hybridized carbons (Fsp3) is 0.300. The molecular weight excluding hydrogens is 198 g/mol. The van der Waals surface area contributed by atoms with Gasteiger partial charge in [-0.25, -0.2) is 4.98 Å². The van der Waals surface area contributed by atoms with E-state index in [1.165, 1.54) is 4.70 Å². The van der Waals surface area contributed by atoms with Crippen LogP contribution in [0.4, 0.5) is 0 Å². The number of hydrogen-bond acceptors (Lipinski definition) is 4. The summed E-state index contributed by atoms with van der Waals surface area (Å²) in [6, 6.07) is 5.99. The summed E-state index contributed by atoms with van der Waals surface area (Å²) in [5, 5.41) is 0. The Morgan fingerprint density at radius 3 is 3.36 bits per heavy atom. The maximum atomic E-state index is 5.62. The molecule has 1 aromatic carbocycles. The Balaban J connectivity index is 1.89. The molecule has 0 aliphatic carbocycles. The van der Waals surface area contributed by atoms with Crippen molar-refractivity contribution in [2.75, 3.05) is 13.2 Å². The van der Waals surface area contributed by atoms with E-state index in [-0.39, 0.29) is 0 Å². The van der Waals surface area contributed by atoms with Gasteiger partial charge in [-0.15, -0.1) is 11.3 Å². The van der Waals surface area contributed by atoms with Crippen LogP contribution in [0.15, 0.2) is 23.7 Å². The van der Waals surface area contributed by atoms with Crippen molar-refractivity contribution in [2.45, 2.75) is 6.10 Å². The molecule has 1 aliphatic rings. The average Bonchev–Trinajstić information content (AvgIpc) is 2.91. The molecule has 1 atom stereocenters. The third-order valence-corrected chi connectivity index (χ3v) is 2.94. The minimum Gasteiger partial charge on any atom is -0.488 e. The van der Waals surface area contributed by atoms with Crippen LogP contribution < -0.4 is 4.74 Å². The van der Waals surface area contributed by atoms with Crippen LogP contribution >= 0.6 is 11.3 Å². The molecule has 1 saturated heterocycles. The Morgan fingerprint density at radius 1 is 1.57 bits per heavy atom. The molecule has 1 fully saturated rings. The van der Waals surface area contributed by atoms with Gasteiger partial charge >= 0.3 is 0 Å². The number of nitrogens with zero attached hydrogens (tertiary/aromatic N) is 1. The Morgan fingerprint density at radius 2 is 2.50 bits per heavy atom. The third-order valence-electron chi connectivity index (χ3n) is 2.15. The number of para-hydroxylation sites is 1. The Kier molecular flexibility index (Phi) is 1.89. The average molecular weight is 207 g/mol. The van der Waals surface area contributed by atoms with E-state index in [4.69, 9.17) is 9.47 Å². The van der Waals surface area contributed by atoms with Gasteiger partial charge in [0.1, 0.15) is 24.0 Å². The van der Waals surface area contributed by atoms with Crippen LogP contribution in [0.25, 0.3) is 10.2 Å². The number of hydrogen-bond donors (Lipinski definition) is 0. The van der Waals surface area contributed by atoms with Crippen LogP contribution in [0, 0.1) is 0 Å². The Bertz CT molecular complexity index is 450. The van der Waals surface area contributed by atoms with Gasteiger partial charge in [-0.3, -0.25) is 0 Å². The summed E-state index contributed by atoms with van der Waals surface area (Å²) >= 11 is 1.63. The zero-order valence-corrected chi connectivity index (χ0v) is 8.29. The Labute approximate surface area is 85.3 Å². The summed E-state index contributed by atoms with van der Waals surface area (Å²) < 4.78 is 11.9. The number of thiazole rings is 1. The molecule has 2 heterocycles. The van der Waals surface area contributed by atoms with Crippen molar-refractivity contribution < 1.29 is 9.47 Å².